The van der Waals surface area contributed by atoms with Crippen LogP contribution in [0.1, 0.15) is 23.7 Å². The van der Waals surface area contributed by atoms with Gasteiger partial charge in [0, 0.05) is 6.54 Å². The first kappa shape index (κ1) is 15.6. The molecule has 21 heavy (non-hydrogen) atoms. The molecule has 7 heteroatoms. The number of esters is 1. The van der Waals surface area contributed by atoms with E-state index in [4.69, 9.17) is 10.5 Å². The Morgan fingerprint density at radius 2 is 2.24 bits per heavy atom. The van der Waals surface area contributed by atoms with E-state index in [-0.39, 0.29) is 24.0 Å². The largest absolute Gasteiger partial charge is 0.462 e. The molecule has 1 heterocycles. The number of carbonyl (C=O) groups excluding carboxylic acids is 1. The third-order valence-corrected chi connectivity index (χ3v) is 5.35. The SMILES string of the molecule is CCOC(=O)c1cccc(NCC2CCS(=O)(=O)C2)c1N. The lowest BCUT2D eigenvalue weighted by Gasteiger charge is -2.14. The van der Waals surface area contributed by atoms with E-state index in [0.717, 1.165) is 0 Å². The second-order valence-corrected chi connectivity index (χ2v) is 7.37. The van der Waals surface area contributed by atoms with Gasteiger partial charge in [-0.1, -0.05) is 6.07 Å². The van der Waals surface area contributed by atoms with Crippen LogP contribution in [-0.4, -0.2) is 39.0 Å². The highest BCUT2D eigenvalue weighted by Crippen LogP contribution is 2.25. The van der Waals surface area contributed by atoms with Gasteiger partial charge in [0.2, 0.25) is 0 Å². The Morgan fingerprint density at radius 3 is 2.86 bits per heavy atom. The van der Waals surface area contributed by atoms with Crippen LogP contribution in [0.5, 0.6) is 0 Å². The Labute approximate surface area is 124 Å². The van der Waals surface area contributed by atoms with Crippen LogP contribution in [0.3, 0.4) is 0 Å². The zero-order valence-corrected chi connectivity index (χ0v) is 12.8. The Bertz CT molecular complexity index is 628. The number of benzene rings is 1. The van der Waals surface area contributed by atoms with Gasteiger partial charge in [0.1, 0.15) is 0 Å². The first-order chi connectivity index (χ1) is 9.93. The predicted molar refractivity (Wildman–Crippen MR) is 82.1 cm³/mol. The van der Waals surface area contributed by atoms with E-state index in [1.54, 1.807) is 25.1 Å². The summed E-state index contributed by atoms with van der Waals surface area (Å²) >= 11 is 0. The highest BCUT2D eigenvalue weighted by atomic mass is 32.2. The summed E-state index contributed by atoms with van der Waals surface area (Å²) in [6.07, 6.45) is 0.660. The molecule has 2 rings (SSSR count). The molecule has 1 unspecified atom stereocenters. The summed E-state index contributed by atoms with van der Waals surface area (Å²) in [5.74, 6) is 0.0811. The number of ether oxygens (including phenoxy) is 1. The summed E-state index contributed by atoms with van der Waals surface area (Å²) in [5, 5.41) is 3.13. The number of para-hydroxylation sites is 1. The lowest BCUT2D eigenvalue weighted by Crippen LogP contribution is -2.17. The van der Waals surface area contributed by atoms with Crippen molar-refractivity contribution < 1.29 is 17.9 Å². The molecule has 0 radical (unpaired) electrons. The van der Waals surface area contributed by atoms with Crippen LogP contribution in [0, 0.1) is 5.92 Å². The van der Waals surface area contributed by atoms with Crippen molar-refractivity contribution >= 4 is 27.2 Å². The number of anilines is 2. The van der Waals surface area contributed by atoms with Crippen molar-refractivity contribution in [1.82, 2.24) is 0 Å². The van der Waals surface area contributed by atoms with Crippen molar-refractivity contribution in [3.8, 4) is 0 Å². The Morgan fingerprint density at radius 1 is 1.48 bits per heavy atom. The molecule has 1 aromatic carbocycles. The van der Waals surface area contributed by atoms with Crippen LogP contribution in [0.2, 0.25) is 0 Å². The molecule has 0 bridgehead atoms. The average molecular weight is 312 g/mol. The van der Waals surface area contributed by atoms with Crippen LogP contribution in [-0.2, 0) is 14.6 Å². The highest BCUT2D eigenvalue weighted by Gasteiger charge is 2.27. The number of carbonyl (C=O) groups is 1. The first-order valence-corrected chi connectivity index (χ1v) is 8.75. The number of sulfone groups is 1. The van der Waals surface area contributed by atoms with Gasteiger partial charge in [-0.3, -0.25) is 0 Å². The summed E-state index contributed by atoms with van der Waals surface area (Å²) in [6, 6.07) is 5.09. The van der Waals surface area contributed by atoms with Gasteiger partial charge in [0.05, 0.1) is 35.1 Å². The van der Waals surface area contributed by atoms with Crippen molar-refractivity contribution in [3.05, 3.63) is 23.8 Å². The number of rotatable bonds is 5. The van der Waals surface area contributed by atoms with Crippen molar-refractivity contribution in [3.63, 3.8) is 0 Å². The summed E-state index contributed by atoms with van der Waals surface area (Å²) < 4.78 is 27.8. The van der Waals surface area contributed by atoms with E-state index >= 15 is 0 Å². The third-order valence-electron chi connectivity index (χ3n) is 3.51. The molecular weight excluding hydrogens is 292 g/mol. The molecule has 1 aliphatic heterocycles. The highest BCUT2D eigenvalue weighted by molar-refractivity contribution is 7.91. The van der Waals surface area contributed by atoms with Gasteiger partial charge < -0.3 is 15.8 Å². The summed E-state index contributed by atoms with van der Waals surface area (Å²) in [4.78, 5) is 11.8. The lowest BCUT2D eigenvalue weighted by atomic mass is 10.1. The number of nitrogens with two attached hydrogens (primary N) is 1. The van der Waals surface area contributed by atoms with Crippen molar-refractivity contribution in [1.29, 1.82) is 0 Å². The molecule has 0 saturated carbocycles. The van der Waals surface area contributed by atoms with Gasteiger partial charge in [0.15, 0.2) is 9.84 Å². The quantitative estimate of drug-likeness (QED) is 0.628. The molecule has 0 aliphatic carbocycles. The molecule has 0 amide bonds. The van der Waals surface area contributed by atoms with Crippen molar-refractivity contribution in [2.45, 2.75) is 13.3 Å². The van der Waals surface area contributed by atoms with Crippen molar-refractivity contribution in [2.24, 2.45) is 5.92 Å². The van der Waals surface area contributed by atoms with Gasteiger partial charge in [-0.2, -0.15) is 0 Å². The van der Waals surface area contributed by atoms with E-state index in [2.05, 4.69) is 5.32 Å². The molecule has 1 atom stereocenters. The summed E-state index contributed by atoms with van der Waals surface area (Å²) in [7, 11) is -2.88. The fraction of sp³-hybridized carbons (Fsp3) is 0.500. The molecule has 0 aromatic heterocycles. The van der Waals surface area contributed by atoms with E-state index in [1.165, 1.54) is 0 Å². The Kier molecular flexibility index (Phi) is 4.72. The van der Waals surface area contributed by atoms with Crippen LogP contribution in [0.25, 0.3) is 0 Å². The monoisotopic (exact) mass is 312 g/mol. The predicted octanol–water partition coefficient (Wildman–Crippen LogP) is 1.29. The van der Waals surface area contributed by atoms with Crippen molar-refractivity contribution in [2.75, 3.05) is 35.7 Å². The molecule has 1 aromatic rings. The van der Waals surface area contributed by atoms with Gasteiger partial charge in [-0.15, -0.1) is 0 Å². The number of hydrogen-bond donors (Lipinski definition) is 2. The fourth-order valence-electron chi connectivity index (χ4n) is 2.39. The zero-order valence-electron chi connectivity index (χ0n) is 12.0. The Balaban J connectivity index is 2.04. The molecule has 1 saturated heterocycles. The van der Waals surface area contributed by atoms with Crippen LogP contribution in [0.4, 0.5) is 11.4 Å². The maximum Gasteiger partial charge on any atom is 0.340 e. The number of hydrogen-bond acceptors (Lipinski definition) is 6. The van der Waals surface area contributed by atoms with Gasteiger partial charge in [-0.25, -0.2) is 13.2 Å². The van der Waals surface area contributed by atoms with E-state index < -0.39 is 15.8 Å². The Hall–Kier alpha value is -1.76. The smallest absolute Gasteiger partial charge is 0.340 e. The normalized spacial score (nSPS) is 20.1. The summed E-state index contributed by atoms with van der Waals surface area (Å²) in [6.45, 7) is 2.54. The van der Waals surface area contributed by atoms with Gasteiger partial charge >= 0.3 is 5.97 Å². The van der Waals surface area contributed by atoms with E-state index in [1.807, 2.05) is 0 Å². The zero-order chi connectivity index (χ0) is 15.5. The van der Waals surface area contributed by atoms with E-state index in [9.17, 15) is 13.2 Å². The molecule has 1 fully saturated rings. The van der Waals surface area contributed by atoms with Crippen LogP contribution in [0.15, 0.2) is 18.2 Å². The maximum absolute atomic E-state index is 11.8. The first-order valence-electron chi connectivity index (χ1n) is 6.93. The second kappa shape index (κ2) is 6.34. The van der Waals surface area contributed by atoms with Crippen LogP contribution < -0.4 is 11.1 Å². The molecule has 6 nitrogen and oxygen atoms in total. The third kappa shape index (κ3) is 3.87. The fourth-order valence-corrected chi connectivity index (χ4v) is 4.26. The topological polar surface area (TPSA) is 98.5 Å². The van der Waals surface area contributed by atoms with E-state index in [0.29, 0.717) is 29.9 Å². The lowest BCUT2D eigenvalue weighted by molar-refractivity contribution is 0.0527. The standard InChI is InChI=1S/C14H20N2O4S/c1-2-20-14(17)11-4-3-5-12(13(11)15)16-8-10-6-7-21(18,19)9-10/h3-5,10,16H,2,6-9,15H2,1H3. The van der Waals surface area contributed by atoms with Crippen LogP contribution >= 0.6 is 0 Å². The molecular formula is C14H20N2O4S. The second-order valence-electron chi connectivity index (χ2n) is 5.14. The average Bonchev–Trinajstić information content (AvgIpc) is 2.77. The molecule has 3 N–H and O–H groups in total. The minimum atomic E-state index is -2.88. The molecule has 1 aliphatic rings. The summed E-state index contributed by atoms with van der Waals surface area (Å²) in [5.41, 5.74) is 7.25. The molecule has 0 spiro atoms. The van der Waals surface area contributed by atoms with Gasteiger partial charge in [0.25, 0.3) is 0 Å². The molecule has 116 valence electrons. The minimum absolute atomic E-state index is 0.0839. The minimum Gasteiger partial charge on any atom is -0.462 e. The van der Waals surface area contributed by atoms with Gasteiger partial charge in [-0.05, 0) is 31.4 Å². The number of nitrogens with one attached hydrogen (secondary N) is 1. The maximum atomic E-state index is 11.8. The number of nitrogen functional groups attached to an aromatic ring is 1.